The van der Waals surface area contributed by atoms with Gasteiger partial charge in [0.15, 0.2) is 0 Å². The minimum atomic E-state index is -0.298. The number of nitrogens with zero attached hydrogens (tertiary/aromatic N) is 3. The molecule has 122 valence electrons. The molecule has 0 N–H and O–H groups in total. The molecule has 7 heteroatoms. The number of hydrogen-bond acceptors (Lipinski definition) is 5. The van der Waals surface area contributed by atoms with Gasteiger partial charge < -0.3 is 9.42 Å². The first-order chi connectivity index (χ1) is 11.7. The minimum absolute atomic E-state index is 0.0140. The summed E-state index contributed by atoms with van der Waals surface area (Å²) in [6, 6.07) is 10.1. The van der Waals surface area contributed by atoms with Gasteiger partial charge in [-0.05, 0) is 29.1 Å². The molecule has 0 spiro atoms. The highest BCUT2D eigenvalue weighted by Gasteiger charge is 2.34. The van der Waals surface area contributed by atoms with Crippen LogP contribution in [0.25, 0.3) is 10.7 Å². The third kappa shape index (κ3) is 2.94. The van der Waals surface area contributed by atoms with E-state index in [-0.39, 0.29) is 17.6 Å². The summed E-state index contributed by atoms with van der Waals surface area (Å²) < 4.78 is 18.6. The van der Waals surface area contributed by atoms with Gasteiger partial charge in [0, 0.05) is 19.5 Å². The third-order valence-electron chi connectivity index (χ3n) is 4.01. The topological polar surface area (TPSA) is 59.2 Å². The van der Waals surface area contributed by atoms with E-state index in [4.69, 9.17) is 4.52 Å². The van der Waals surface area contributed by atoms with Gasteiger partial charge in [-0.3, -0.25) is 4.79 Å². The Labute approximate surface area is 141 Å². The standard InChI is InChI=1S/C17H14FN3O2S/c18-13-4-1-3-11(7-13)9-21-10-12(8-15(21)22)17-19-16(20-23-17)14-5-2-6-24-14/h1-7,12H,8-10H2. The predicted molar refractivity (Wildman–Crippen MR) is 86.8 cm³/mol. The number of likely N-dealkylation sites (tertiary alicyclic amines) is 1. The van der Waals surface area contributed by atoms with Gasteiger partial charge in [-0.25, -0.2) is 4.39 Å². The monoisotopic (exact) mass is 343 g/mol. The van der Waals surface area contributed by atoms with Gasteiger partial charge in [0.05, 0.1) is 10.8 Å². The Morgan fingerprint density at radius 2 is 2.25 bits per heavy atom. The van der Waals surface area contributed by atoms with E-state index in [1.165, 1.54) is 23.5 Å². The molecule has 5 nitrogen and oxygen atoms in total. The van der Waals surface area contributed by atoms with Crippen molar-refractivity contribution in [2.75, 3.05) is 6.54 Å². The van der Waals surface area contributed by atoms with Crippen LogP contribution in [-0.2, 0) is 11.3 Å². The van der Waals surface area contributed by atoms with Crippen molar-refractivity contribution in [2.24, 2.45) is 0 Å². The number of hydrogen-bond donors (Lipinski definition) is 0. The fraction of sp³-hybridized carbons (Fsp3) is 0.235. The molecule has 1 amide bonds. The highest BCUT2D eigenvalue weighted by Crippen LogP contribution is 2.30. The molecule has 1 aromatic carbocycles. The summed E-state index contributed by atoms with van der Waals surface area (Å²) in [5.74, 6) is 0.630. The molecule has 1 aliphatic rings. The summed E-state index contributed by atoms with van der Waals surface area (Å²) in [5.41, 5.74) is 0.772. The van der Waals surface area contributed by atoms with Crippen molar-refractivity contribution in [3.8, 4) is 10.7 Å². The van der Waals surface area contributed by atoms with Crippen LogP contribution in [0.4, 0.5) is 4.39 Å². The van der Waals surface area contributed by atoms with E-state index in [9.17, 15) is 9.18 Å². The molecule has 24 heavy (non-hydrogen) atoms. The average molecular weight is 343 g/mol. The number of aromatic nitrogens is 2. The van der Waals surface area contributed by atoms with E-state index in [0.717, 1.165) is 10.4 Å². The molecule has 0 radical (unpaired) electrons. The Balaban J connectivity index is 1.48. The lowest BCUT2D eigenvalue weighted by molar-refractivity contribution is -0.128. The largest absolute Gasteiger partial charge is 0.339 e. The first-order valence-corrected chi connectivity index (χ1v) is 8.47. The van der Waals surface area contributed by atoms with Gasteiger partial charge in [-0.2, -0.15) is 4.98 Å². The number of rotatable bonds is 4. The normalized spacial score (nSPS) is 17.6. The Hall–Kier alpha value is -2.54. The van der Waals surface area contributed by atoms with Gasteiger partial charge in [0.25, 0.3) is 0 Å². The fourth-order valence-corrected chi connectivity index (χ4v) is 3.50. The average Bonchev–Trinajstić information content (AvgIpc) is 3.28. The second-order valence-electron chi connectivity index (χ2n) is 5.74. The number of benzene rings is 1. The number of carbonyl (C=O) groups excluding carboxylic acids is 1. The van der Waals surface area contributed by atoms with Gasteiger partial charge in [0.2, 0.25) is 17.6 Å². The van der Waals surface area contributed by atoms with Crippen LogP contribution < -0.4 is 0 Å². The first-order valence-electron chi connectivity index (χ1n) is 7.59. The van der Waals surface area contributed by atoms with Crippen LogP contribution in [0.2, 0.25) is 0 Å². The van der Waals surface area contributed by atoms with Crippen molar-refractivity contribution < 1.29 is 13.7 Å². The number of carbonyl (C=O) groups is 1. The Kier molecular flexibility index (Phi) is 3.86. The zero-order valence-corrected chi connectivity index (χ0v) is 13.5. The smallest absolute Gasteiger partial charge is 0.232 e. The zero-order valence-electron chi connectivity index (χ0n) is 12.7. The van der Waals surface area contributed by atoms with Crippen molar-refractivity contribution in [3.63, 3.8) is 0 Å². The van der Waals surface area contributed by atoms with Gasteiger partial charge in [-0.15, -0.1) is 11.3 Å². The second-order valence-corrected chi connectivity index (χ2v) is 6.69. The number of thiophene rings is 1. The van der Waals surface area contributed by atoms with Gasteiger partial charge in [0.1, 0.15) is 5.82 Å². The van der Waals surface area contributed by atoms with E-state index in [2.05, 4.69) is 10.1 Å². The maximum atomic E-state index is 13.3. The van der Waals surface area contributed by atoms with Crippen molar-refractivity contribution >= 4 is 17.2 Å². The molecule has 1 atom stereocenters. The van der Waals surface area contributed by atoms with Crippen LogP contribution in [0, 0.1) is 5.82 Å². The zero-order chi connectivity index (χ0) is 16.5. The van der Waals surface area contributed by atoms with E-state index >= 15 is 0 Å². The second kappa shape index (κ2) is 6.16. The van der Waals surface area contributed by atoms with Crippen LogP contribution in [-0.4, -0.2) is 27.5 Å². The van der Waals surface area contributed by atoms with Crippen molar-refractivity contribution in [2.45, 2.75) is 18.9 Å². The number of halogens is 1. The van der Waals surface area contributed by atoms with E-state index in [1.807, 2.05) is 23.6 Å². The lowest BCUT2D eigenvalue weighted by Crippen LogP contribution is -2.24. The highest BCUT2D eigenvalue weighted by molar-refractivity contribution is 7.13. The molecule has 2 aromatic heterocycles. The summed E-state index contributed by atoms with van der Waals surface area (Å²) >= 11 is 1.54. The Morgan fingerprint density at radius 3 is 3.04 bits per heavy atom. The molecule has 4 rings (SSSR count). The molecule has 0 bridgehead atoms. The molecular formula is C17H14FN3O2S. The van der Waals surface area contributed by atoms with Crippen LogP contribution >= 0.6 is 11.3 Å². The molecular weight excluding hydrogens is 329 g/mol. The molecule has 1 unspecified atom stereocenters. The van der Waals surface area contributed by atoms with Crippen LogP contribution in [0.3, 0.4) is 0 Å². The van der Waals surface area contributed by atoms with E-state index in [0.29, 0.717) is 31.2 Å². The highest BCUT2D eigenvalue weighted by atomic mass is 32.1. The molecule has 1 saturated heterocycles. The predicted octanol–water partition coefficient (Wildman–Crippen LogP) is 3.45. The molecule has 1 aliphatic heterocycles. The van der Waals surface area contributed by atoms with E-state index < -0.39 is 0 Å². The summed E-state index contributed by atoms with van der Waals surface area (Å²) in [6.45, 7) is 0.889. The van der Waals surface area contributed by atoms with Crippen LogP contribution in [0.5, 0.6) is 0 Å². The van der Waals surface area contributed by atoms with Crippen LogP contribution in [0.1, 0.15) is 23.8 Å². The summed E-state index contributed by atoms with van der Waals surface area (Å²) in [4.78, 5) is 19.3. The summed E-state index contributed by atoms with van der Waals surface area (Å²) in [5, 5.41) is 5.94. The third-order valence-corrected chi connectivity index (χ3v) is 4.88. The molecule has 3 heterocycles. The lowest BCUT2D eigenvalue weighted by atomic mass is 10.1. The van der Waals surface area contributed by atoms with Gasteiger partial charge in [-0.1, -0.05) is 23.4 Å². The maximum Gasteiger partial charge on any atom is 0.232 e. The van der Waals surface area contributed by atoms with Crippen molar-refractivity contribution in [1.29, 1.82) is 0 Å². The SMILES string of the molecule is O=C1CC(c2nc(-c3cccs3)no2)CN1Cc1cccc(F)c1. The molecule has 0 aliphatic carbocycles. The Morgan fingerprint density at radius 1 is 1.33 bits per heavy atom. The van der Waals surface area contributed by atoms with Crippen molar-refractivity contribution in [1.82, 2.24) is 15.0 Å². The Bertz CT molecular complexity index is 862. The molecule has 1 fully saturated rings. The van der Waals surface area contributed by atoms with Crippen LogP contribution in [0.15, 0.2) is 46.3 Å². The summed E-state index contributed by atoms with van der Waals surface area (Å²) in [6.07, 6.45) is 0.335. The van der Waals surface area contributed by atoms with E-state index in [1.54, 1.807) is 11.0 Å². The van der Waals surface area contributed by atoms with Crippen molar-refractivity contribution in [3.05, 3.63) is 59.0 Å². The lowest BCUT2D eigenvalue weighted by Gasteiger charge is -2.16. The number of amides is 1. The first kappa shape index (κ1) is 15.0. The maximum absolute atomic E-state index is 13.3. The molecule has 0 saturated carbocycles. The van der Waals surface area contributed by atoms with Gasteiger partial charge >= 0.3 is 0 Å². The molecule has 3 aromatic rings. The fourth-order valence-electron chi connectivity index (χ4n) is 2.85. The summed E-state index contributed by atoms with van der Waals surface area (Å²) in [7, 11) is 0. The minimum Gasteiger partial charge on any atom is -0.339 e. The quantitative estimate of drug-likeness (QED) is 0.728.